The van der Waals surface area contributed by atoms with Crippen LogP contribution in [0.3, 0.4) is 0 Å². The lowest BCUT2D eigenvalue weighted by Gasteiger charge is -2.27. The maximum absolute atomic E-state index is 12.7. The van der Waals surface area contributed by atoms with Gasteiger partial charge in [-0.15, -0.1) is 0 Å². The fourth-order valence-electron chi connectivity index (χ4n) is 3.34. The van der Waals surface area contributed by atoms with Crippen LogP contribution in [0.2, 0.25) is 5.02 Å². The third kappa shape index (κ3) is 3.88. The van der Waals surface area contributed by atoms with Gasteiger partial charge in [-0.05, 0) is 36.6 Å². The van der Waals surface area contributed by atoms with E-state index >= 15 is 0 Å². The molecule has 1 aliphatic rings. The Kier molecular flexibility index (Phi) is 5.89. The number of carbonyl (C=O) groups excluding carboxylic acids is 1. The minimum atomic E-state index is -0.0923. The number of amides is 2. The quantitative estimate of drug-likeness (QED) is 0.843. The van der Waals surface area contributed by atoms with Crippen LogP contribution in [0, 0.1) is 0 Å². The Hall–Kier alpha value is -2.40. The molecule has 1 N–H and O–H groups in total. The molecule has 2 amide bonds. The highest BCUT2D eigenvalue weighted by Crippen LogP contribution is 2.38. The third-order valence-corrected chi connectivity index (χ3v) is 5.07. The molecule has 1 fully saturated rings. The van der Waals surface area contributed by atoms with E-state index in [0.717, 1.165) is 35.5 Å². The molecule has 0 saturated carbocycles. The van der Waals surface area contributed by atoms with Crippen LogP contribution < -0.4 is 14.8 Å². The number of likely N-dealkylation sites (tertiary alicyclic amines) is 1. The van der Waals surface area contributed by atoms with Crippen LogP contribution >= 0.6 is 11.6 Å². The SMILES string of the molecule is COc1ccc(C2CCCN2C(=O)NCc2ccccc2Cl)c(OC)c1. The van der Waals surface area contributed by atoms with Crippen LogP contribution in [0.1, 0.15) is 30.0 Å². The number of rotatable bonds is 5. The Bertz CT molecular complexity index is 781. The maximum Gasteiger partial charge on any atom is 0.318 e. The second-order valence-electron chi connectivity index (χ2n) is 6.21. The zero-order chi connectivity index (χ0) is 18.5. The summed E-state index contributed by atoms with van der Waals surface area (Å²) in [6.45, 7) is 1.12. The summed E-state index contributed by atoms with van der Waals surface area (Å²) in [7, 11) is 3.26. The highest BCUT2D eigenvalue weighted by molar-refractivity contribution is 6.31. The molecular formula is C20H23ClN2O3. The second kappa shape index (κ2) is 8.32. The molecule has 0 bridgehead atoms. The van der Waals surface area contributed by atoms with E-state index in [4.69, 9.17) is 21.1 Å². The number of ether oxygens (including phenoxy) is 2. The second-order valence-corrected chi connectivity index (χ2v) is 6.62. The lowest BCUT2D eigenvalue weighted by molar-refractivity contribution is 0.191. The van der Waals surface area contributed by atoms with Crippen LogP contribution in [0.4, 0.5) is 4.79 Å². The number of hydrogen-bond acceptors (Lipinski definition) is 3. The average Bonchev–Trinajstić information content (AvgIpc) is 3.16. The molecule has 6 heteroatoms. The summed E-state index contributed by atoms with van der Waals surface area (Å²) >= 11 is 6.17. The van der Waals surface area contributed by atoms with Crippen molar-refractivity contribution in [2.24, 2.45) is 0 Å². The molecule has 3 rings (SSSR count). The van der Waals surface area contributed by atoms with Crippen molar-refractivity contribution < 1.29 is 14.3 Å². The molecule has 138 valence electrons. The molecule has 0 aliphatic carbocycles. The molecule has 5 nitrogen and oxygen atoms in total. The summed E-state index contributed by atoms with van der Waals surface area (Å²) in [5.74, 6) is 1.47. The molecule has 0 aromatic heterocycles. The van der Waals surface area contributed by atoms with E-state index in [9.17, 15) is 4.79 Å². The molecule has 2 aromatic rings. The van der Waals surface area contributed by atoms with Gasteiger partial charge in [0, 0.05) is 29.7 Å². The molecule has 1 atom stereocenters. The predicted molar refractivity (Wildman–Crippen MR) is 102 cm³/mol. The summed E-state index contributed by atoms with van der Waals surface area (Å²) in [6, 6.07) is 13.1. The van der Waals surface area contributed by atoms with Crippen molar-refractivity contribution in [3.8, 4) is 11.5 Å². The van der Waals surface area contributed by atoms with Crippen molar-refractivity contribution in [2.75, 3.05) is 20.8 Å². The largest absolute Gasteiger partial charge is 0.497 e. The summed E-state index contributed by atoms with van der Waals surface area (Å²) in [4.78, 5) is 14.6. The van der Waals surface area contributed by atoms with Crippen LogP contribution in [-0.2, 0) is 6.54 Å². The normalized spacial score (nSPS) is 16.4. The molecular weight excluding hydrogens is 352 g/mol. The Labute approximate surface area is 158 Å². The first kappa shape index (κ1) is 18.4. The molecule has 1 aliphatic heterocycles. The average molecular weight is 375 g/mol. The van der Waals surface area contributed by atoms with Gasteiger partial charge < -0.3 is 19.7 Å². The van der Waals surface area contributed by atoms with Crippen molar-refractivity contribution in [2.45, 2.75) is 25.4 Å². The molecule has 2 aromatic carbocycles. The van der Waals surface area contributed by atoms with Crippen molar-refractivity contribution >= 4 is 17.6 Å². The van der Waals surface area contributed by atoms with E-state index in [1.807, 2.05) is 47.4 Å². The minimum absolute atomic E-state index is 0.0119. The van der Waals surface area contributed by atoms with Crippen LogP contribution in [0.5, 0.6) is 11.5 Å². The number of urea groups is 1. The minimum Gasteiger partial charge on any atom is -0.497 e. The topological polar surface area (TPSA) is 50.8 Å². The number of carbonyl (C=O) groups is 1. The van der Waals surface area contributed by atoms with Crippen molar-refractivity contribution in [3.63, 3.8) is 0 Å². The van der Waals surface area contributed by atoms with Crippen LogP contribution in [-0.4, -0.2) is 31.7 Å². The number of nitrogens with one attached hydrogen (secondary N) is 1. The summed E-state index contributed by atoms with van der Waals surface area (Å²) in [5, 5.41) is 3.63. The molecule has 0 radical (unpaired) electrons. The van der Waals surface area contributed by atoms with Gasteiger partial charge in [0.2, 0.25) is 0 Å². The molecule has 1 unspecified atom stereocenters. The molecule has 1 saturated heterocycles. The first-order valence-corrected chi connectivity index (χ1v) is 9.01. The van der Waals surface area contributed by atoms with Gasteiger partial charge in [-0.25, -0.2) is 4.79 Å². The zero-order valence-corrected chi connectivity index (χ0v) is 15.8. The van der Waals surface area contributed by atoms with E-state index in [-0.39, 0.29) is 12.1 Å². The number of methoxy groups -OCH3 is 2. The van der Waals surface area contributed by atoms with E-state index in [0.29, 0.717) is 18.1 Å². The van der Waals surface area contributed by atoms with Gasteiger partial charge in [-0.3, -0.25) is 0 Å². The summed E-state index contributed by atoms with van der Waals surface area (Å²) in [5.41, 5.74) is 1.90. The van der Waals surface area contributed by atoms with E-state index in [1.165, 1.54) is 0 Å². The lowest BCUT2D eigenvalue weighted by atomic mass is 10.0. The van der Waals surface area contributed by atoms with Crippen LogP contribution in [0.25, 0.3) is 0 Å². The smallest absolute Gasteiger partial charge is 0.318 e. The fraction of sp³-hybridized carbons (Fsp3) is 0.350. The number of benzene rings is 2. The lowest BCUT2D eigenvalue weighted by Crippen LogP contribution is -2.39. The van der Waals surface area contributed by atoms with Gasteiger partial charge in [0.15, 0.2) is 0 Å². The first-order chi connectivity index (χ1) is 12.6. The molecule has 1 heterocycles. The maximum atomic E-state index is 12.7. The van der Waals surface area contributed by atoms with Gasteiger partial charge in [0.25, 0.3) is 0 Å². The van der Waals surface area contributed by atoms with Crippen molar-refractivity contribution in [3.05, 3.63) is 58.6 Å². The van der Waals surface area contributed by atoms with Gasteiger partial charge in [-0.1, -0.05) is 29.8 Å². The monoisotopic (exact) mass is 374 g/mol. The van der Waals surface area contributed by atoms with Gasteiger partial charge in [0.1, 0.15) is 11.5 Å². The van der Waals surface area contributed by atoms with E-state index in [1.54, 1.807) is 14.2 Å². The zero-order valence-electron chi connectivity index (χ0n) is 15.0. The standard InChI is InChI=1S/C20H23ClN2O3/c1-25-15-9-10-16(19(12-15)26-2)18-8-5-11-23(18)20(24)22-13-14-6-3-4-7-17(14)21/h3-4,6-7,9-10,12,18H,5,8,11,13H2,1-2H3,(H,22,24). The third-order valence-electron chi connectivity index (χ3n) is 4.70. The number of nitrogens with zero attached hydrogens (tertiary/aromatic N) is 1. The first-order valence-electron chi connectivity index (χ1n) is 8.64. The Balaban J connectivity index is 1.73. The van der Waals surface area contributed by atoms with E-state index < -0.39 is 0 Å². The van der Waals surface area contributed by atoms with Gasteiger partial charge in [-0.2, -0.15) is 0 Å². The fourth-order valence-corrected chi connectivity index (χ4v) is 3.54. The Morgan fingerprint density at radius 2 is 2.04 bits per heavy atom. The summed E-state index contributed by atoms with van der Waals surface area (Å²) in [6.07, 6.45) is 1.86. The highest BCUT2D eigenvalue weighted by Gasteiger charge is 2.32. The number of halogens is 1. The Morgan fingerprint density at radius 1 is 1.23 bits per heavy atom. The van der Waals surface area contributed by atoms with Crippen LogP contribution in [0.15, 0.2) is 42.5 Å². The molecule has 26 heavy (non-hydrogen) atoms. The Morgan fingerprint density at radius 3 is 2.77 bits per heavy atom. The highest BCUT2D eigenvalue weighted by atomic mass is 35.5. The molecule has 0 spiro atoms. The van der Waals surface area contributed by atoms with Gasteiger partial charge in [0.05, 0.1) is 20.3 Å². The summed E-state index contributed by atoms with van der Waals surface area (Å²) < 4.78 is 10.8. The van der Waals surface area contributed by atoms with E-state index in [2.05, 4.69) is 5.32 Å². The van der Waals surface area contributed by atoms with Crippen molar-refractivity contribution in [1.29, 1.82) is 0 Å². The predicted octanol–water partition coefficient (Wildman–Crippen LogP) is 4.40. The van der Waals surface area contributed by atoms with Gasteiger partial charge >= 0.3 is 6.03 Å². The number of hydrogen-bond donors (Lipinski definition) is 1. The van der Waals surface area contributed by atoms with Crippen molar-refractivity contribution in [1.82, 2.24) is 10.2 Å².